The average molecular weight is 465 g/mol. The van der Waals surface area contributed by atoms with Gasteiger partial charge in [-0.2, -0.15) is 0 Å². The number of morpholine rings is 1. The molecule has 4 amide bonds. The van der Waals surface area contributed by atoms with E-state index < -0.39 is 17.9 Å². The molecule has 10 nitrogen and oxygen atoms in total. The lowest BCUT2D eigenvalue weighted by Crippen LogP contribution is -2.50. The van der Waals surface area contributed by atoms with Crippen molar-refractivity contribution in [1.82, 2.24) is 19.8 Å². The van der Waals surface area contributed by atoms with Gasteiger partial charge in [-0.15, -0.1) is 5.06 Å². The molecule has 3 heterocycles. The maximum atomic E-state index is 13.0. The Balaban J connectivity index is 1.35. The van der Waals surface area contributed by atoms with Crippen molar-refractivity contribution in [3.8, 4) is 0 Å². The van der Waals surface area contributed by atoms with Crippen molar-refractivity contribution in [2.45, 2.75) is 19.4 Å². The van der Waals surface area contributed by atoms with Crippen LogP contribution in [0.25, 0.3) is 0 Å². The summed E-state index contributed by atoms with van der Waals surface area (Å²) in [6.07, 6.45) is -0.588. The summed E-state index contributed by atoms with van der Waals surface area (Å²) < 4.78 is 5.33. The third kappa shape index (κ3) is 5.03. The van der Waals surface area contributed by atoms with E-state index in [1.165, 1.54) is 4.90 Å². The third-order valence-electron chi connectivity index (χ3n) is 5.80. The number of piperazine rings is 1. The zero-order valence-electron chi connectivity index (χ0n) is 17.6. The fourth-order valence-electron chi connectivity index (χ4n) is 3.96. The summed E-state index contributed by atoms with van der Waals surface area (Å²) >= 11 is 6.20. The smallest absolute Gasteiger partial charge is 0.378 e. The minimum Gasteiger partial charge on any atom is -0.378 e. The Bertz CT molecular complexity index is 896. The van der Waals surface area contributed by atoms with Crippen LogP contribution in [0.15, 0.2) is 18.2 Å². The van der Waals surface area contributed by atoms with Gasteiger partial charge in [0, 0.05) is 69.2 Å². The number of carbonyl (C=O) groups is 4. The van der Waals surface area contributed by atoms with Crippen LogP contribution in [-0.2, 0) is 25.7 Å². The molecule has 1 aromatic carbocycles. The van der Waals surface area contributed by atoms with Crippen LogP contribution in [-0.4, -0.2) is 96.1 Å². The third-order valence-corrected chi connectivity index (χ3v) is 6.03. The maximum Gasteiger partial charge on any atom is 0.434 e. The normalized spacial score (nSPS) is 20.1. The molecule has 0 atom stereocenters. The summed E-state index contributed by atoms with van der Waals surface area (Å²) in [6, 6.07) is 5.28. The average Bonchev–Trinajstić information content (AvgIpc) is 3.12. The SMILES string of the molecule is O=C(ON1C(=O)CCC1=O)N1CCN(Cc2cc(Cl)ccc2C(=O)N2CCOCC2)CC1. The molecule has 3 aliphatic heterocycles. The number of benzene rings is 1. The number of amides is 4. The number of carbonyl (C=O) groups excluding carboxylic acids is 4. The van der Waals surface area contributed by atoms with Crippen LogP contribution in [0.4, 0.5) is 4.79 Å². The van der Waals surface area contributed by atoms with Crippen molar-refractivity contribution in [2.24, 2.45) is 0 Å². The first-order chi connectivity index (χ1) is 15.4. The molecule has 0 spiro atoms. The van der Waals surface area contributed by atoms with E-state index in [2.05, 4.69) is 4.90 Å². The summed E-state index contributed by atoms with van der Waals surface area (Å²) in [7, 11) is 0. The van der Waals surface area contributed by atoms with Crippen LogP contribution < -0.4 is 0 Å². The molecule has 0 aromatic heterocycles. The molecule has 0 unspecified atom stereocenters. The van der Waals surface area contributed by atoms with Crippen molar-refractivity contribution in [1.29, 1.82) is 0 Å². The highest BCUT2D eigenvalue weighted by molar-refractivity contribution is 6.30. The van der Waals surface area contributed by atoms with Gasteiger partial charge in [0.2, 0.25) is 0 Å². The molecule has 4 rings (SSSR count). The molecular weight excluding hydrogens is 440 g/mol. The van der Waals surface area contributed by atoms with Gasteiger partial charge >= 0.3 is 6.09 Å². The predicted molar refractivity (Wildman–Crippen MR) is 113 cm³/mol. The number of halogens is 1. The van der Waals surface area contributed by atoms with Gasteiger partial charge in [0.05, 0.1) is 13.2 Å². The second-order valence-corrected chi connectivity index (χ2v) is 8.34. The van der Waals surface area contributed by atoms with Crippen LogP contribution in [0.5, 0.6) is 0 Å². The number of hydrogen-bond donors (Lipinski definition) is 0. The molecule has 0 N–H and O–H groups in total. The second-order valence-electron chi connectivity index (χ2n) is 7.91. The minimum atomic E-state index is -0.709. The number of ether oxygens (including phenoxy) is 1. The van der Waals surface area contributed by atoms with Gasteiger partial charge in [0.1, 0.15) is 0 Å². The molecule has 0 saturated carbocycles. The Morgan fingerprint density at radius 2 is 1.59 bits per heavy atom. The Morgan fingerprint density at radius 3 is 2.25 bits per heavy atom. The van der Waals surface area contributed by atoms with E-state index in [0.29, 0.717) is 74.7 Å². The molecule has 3 saturated heterocycles. The summed E-state index contributed by atoms with van der Waals surface area (Å²) in [5.41, 5.74) is 1.45. The van der Waals surface area contributed by atoms with Crippen molar-refractivity contribution in [2.75, 3.05) is 52.5 Å². The quantitative estimate of drug-likeness (QED) is 0.616. The summed E-state index contributed by atoms with van der Waals surface area (Å²) in [6.45, 7) is 4.54. The van der Waals surface area contributed by atoms with Gasteiger partial charge in [0.15, 0.2) is 0 Å². The molecule has 1 aromatic rings. The topological polar surface area (TPSA) is 99.7 Å². The van der Waals surface area contributed by atoms with Gasteiger partial charge in [-0.05, 0) is 23.8 Å². The number of nitrogens with zero attached hydrogens (tertiary/aromatic N) is 4. The molecule has 32 heavy (non-hydrogen) atoms. The highest BCUT2D eigenvalue weighted by atomic mass is 35.5. The number of hydroxylamine groups is 2. The van der Waals surface area contributed by atoms with Crippen LogP contribution in [0.2, 0.25) is 5.02 Å². The highest BCUT2D eigenvalue weighted by Crippen LogP contribution is 2.21. The number of hydrogen-bond acceptors (Lipinski definition) is 7. The van der Waals surface area contributed by atoms with Crippen molar-refractivity contribution in [3.05, 3.63) is 34.3 Å². The molecule has 0 bridgehead atoms. The van der Waals surface area contributed by atoms with Crippen LogP contribution in [0, 0.1) is 0 Å². The number of imide groups is 1. The maximum absolute atomic E-state index is 13.0. The Labute approximate surface area is 190 Å². The molecular formula is C21H25ClN4O6. The summed E-state index contributed by atoms with van der Waals surface area (Å²) in [4.78, 5) is 59.0. The Hall–Kier alpha value is -2.69. The molecule has 3 aliphatic rings. The van der Waals surface area contributed by atoms with Crippen LogP contribution >= 0.6 is 11.6 Å². The number of rotatable bonds is 4. The second kappa shape index (κ2) is 9.85. The van der Waals surface area contributed by atoms with Gasteiger partial charge in [-0.3, -0.25) is 19.3 Å². The molecule has 172 valence electrons. The van der Waals surface area contributed by atoms with E-state index in [4.69, 9.17) is 21.2 Å². The lowest BCUT2D eigenvalue weighted by Gasteiger charge is -2.35. The van der Waals surface area contributed by atoms with E-state index in [1.807, 2.05) is 0 Å². The zero-order chi connectivity index (χ0) is 22.7. The lowest BCUT2D eigenvalue weighted by atomic mass is 10.0. The fourth-order valence-corrected chi connectivity index (χ4v) is 4.16. The van der Waals surface area contributed by atoms with Gasteiger partial charge < -0.3 is 19.4 Å². The lowest BCUT2D eigenvalue weighted by molar-refractivity contribution is -0.174. The molecule has 11 heteroatoms. The molecule has 0 radical (unpaired) electrons. The Kier molecular flexibility index (Phi) is 6.92. The first-order valence-corrected chi connectivity index (χ1v) is 11.0. The van der Waals surface area contributed by atoms with E-state index in [9.17, 15) is 19.2 Å². The molecule has 0 aliphatic carbocycles. The van der Waals surface area contributed by atoms with Crippen molar-refractivity contribution < 1.29 is 28.8 Å². The monoisotopic (exact) mass is 464 g/mol. The molecule has 3 fully saturated rings. The highest BCUT2D eigenvalue weighted by Gasteiger charge is 2.35. The van der Waals surface area contributed by atoms with E-state index in [-0.39, 0.29) is 18.7 Å². The van der Waals surface area contributed by atoms with Gasteiger partial charge in [0.25, 0.3) is 17.7 Å². The van der Waals surface area contributed by atoms with Gasteiger partial charge in [-0.25, -0.2) is 4.79 Å². The van der Waals surface area contributed by atoms with Crippen LogP contribution in [0.3, 0.4) is 0 Å². The zero-order valence-corrected chi connectivity index (χ0v) is 18.4. The van der Waals surface area contributed by atoms with Crippen LogP contribution in [0.1, 0.15) is 28.8 Å². The largest absolute Gasteiger partial charge is 0.434 e. The van der Waals surface area contributed by atoms with E-state index in [0.717, 1.165) is 5.56 Å². The fraction of sp³-hybridized carbons (Fsp3) is 0.524. The van der Waals surface area contributed by atoms with Crippen molar-refractivity contribution >= 4 is 35.4 Å². The van der Waals surface area contributed by atoms with E-state index in [1.54, 1.807) is 23.1 Å². The predicted octanol–water partition coefficient (Wildman–Crippen LogP) is 1.13. The first-order valence-electron chi connectivity index (χ1n) is 10.6. The summed E-state index contributed by atoms with van der Waals surface area (Å²) in [5, 5.41) is 1.12. The summed E-state index contributed by atoms with van der Waals surface area (Å²) in [5.74, 6) is -1.04. The van der Waals surface area contributed by atoms with Gasteiger partial charge in [-0.1, -0.05) is 11.6 Å². The van der Waals surface area contributed by atoms with Crippen molar-refractivity contribution in [3.63, 3.8) is 0 Å². The Morgan fingerprint density at radius 1 is 0.938 bits per heavy atom. The first kappa shape index (κ1) is 22.5. The van der Waals surface area contributed by atoms with E-state index >= 15 is 0 Å². The minimum absolute atomic E-state index is 0.0397. The standard InChI is InChI=1S/C21H25ClN4O6/c22-16-1-2-17(20(29)24-9-11-31-12-10-24)15(13-16)14-23-5-7-25(8-6-23)21(30)32-26-18(27)3-4-19(26)28/h1-2,13H,3-12,14H2.